The molecule has 0 atom stereocenters. The summed E-state index contributed by atoms with van der Waals surface area (Å²) in [4.78, 5) is 0. The predicted molar refractivity (Wildman–Crippen MR) is 61.5 cm³/mol. The number of ether oxygens (including phenoxy) is 1. The van der Waals surface area contributed by atoms with Crippen LogP contribution in [0.15, 0.2) is 0 Å². The Morgan fingerprint density at radius 2 is 1.89 bits per heavy atom. The van der Waals surface area contributed by atoms with E-state index in [1.54, 1.807) is 4.57 Å². The number of aliphatic hydroxyl groups is 1. The van der Waals surface area contributed by atoms with Crippen molar-refractivity contribution >= 4 is 0 Å². The average molecular weight is 263 g/mol. The standard InChI is InChI=1S/C11H19F2N3O2/c1-11(2,3)16-9(14-15-10(16)6-17)4-5-18-7-8(12)13/h8,17H,4-7H2,1-3H3. The summed E-state index contributed by atoms with van der Waals surface area (Å²) in [6, 6.07) is 0. The molecule has 0 spiro atoms. The molecule has 0 radical (unpaired) electrons. The van der Waals surface area contributed by atoms with Gasteiger partial charge in [-0.1, -0.05) is 0 Å². The zero-order chi connectivity index (χ0) is 13.8. The lowest BCUT2D eigenvalue weighted by atomic mass is 10.1. The molecule has 0 unspecified atom stereocenters. The molecule has 1 N–H and O–H groups in total. The van der Waals surface area contributed by atoms with Gasteiger partial charge >= 0.3 is 0 Å². The lowest BCUT2D eigenvalue weighted by Crippen LogP contribution is -2.27. The van der Waals surface area contributed by atoms with E-state index in [0.717, 1.165) is 0 Å². The number of rotatable bonds is 6. The van der Waals surface area contributed by atoms with Crippen LogP contribution in [0.3, 0.4) is 0 Å². The summed E-state index contributed by atoms with van der Waals surface area (Å²) in [7, 11) is 0. The van der Waals surface area contributed by atoms with Crippen LogP contribution in [0.2, 0.25) is 0 Å². The van der Waals surface area contributed by atoms with Crippen molar-refractivity contribution in [2.24, 2.45) is 0 Å². The fourth-order valence-electron chi connectivity index (χ4n) is 1.73. The molecule has 0 fully saturated rings. The number of hydrogen-bond acceptors (Lipinski definition) is 4. The first kappa shape index (κ1) is 15.0. The van der Waals surface area contributed by atoms with Crippen LogP contribution in [-0.4, -0.2) is 39.5 Å². The van der Waals surface area contributed by atoms with Crippen molar-refractivity contribution in [2.45, 2.75) is 45.8 Å². The average Bonchev–Trinajstić information content (AvgIpc) is 2.66. The van der Waals surface area contributed by atoms with Crippen molar-refractivity contribution in [3.8, 4) is 0 Å². The number of aliphatic hydroxyl groups excluding tert-OH is 1. The molecule has 5 nitrogen and oxygen atoms in total. The molecule has 104 valence electrons. The van der Waals surface area contributed by atoms with E-state index in [4.69, 9.17) is 4.74 Å². The number of hydrogen-bond donors (Lipinski definition) is 1. The van der Waals surface area contributed by atoms with E-state index in [2.05, 4.69) is 10.2 Å². The number of halogens is 2. The number of alkyl halides is 2. The van der Waals surface area contributed by atoms with Crippen molar-refractivity contribution in [3.63, 3.8) is 0 Å². The highest BCUT2D eigenvalue weighted by Crippen LogP contribution is 2.19. The van der Waals surface area contributed by atoms with Gasteiger partial charge in [-0.3, -0.25) is 0 Å². The topological polar surface area (TPSA) is 60.2 Å². The fraction of sp³-hybridized carbons (Fsp3) is 0.818. The van der Waals surface area contributed by atoms with Crippen LogP contribution in [0.25, 0.3) is 0 Å². The summed E-state index contributed by atoms with van der Waals surface area (Å²) >= 11 is 0. The molecule has 0 saturated heterocycles. The Balaban J connectivity index is 2.68. The van der Waals surface area contributed by atoms with Crippen LogP contribution >= 0.6 is 0 Å². The molecule has 1 aromatic heterocycles. The van der Waals surface area contributed by atoms with Gasteiger partial charge in [0.05, 0.1) is 6.61 Å². The van der Waals surface area contributed by atoms with Crippen LogP contribution < -0.4 is 0 Å². The molecule has 0 aliphatic rings. The Morgan fingerprint density at radius 3 is 2.39 bits per heavy atom. The van der Waals surface area contributed by atoms with Gasteiger partial charge in [-0.2, -0.15) is 0 Å². The first-order valence-electron chi connectivity index (χ1n) is 5.76. The van der Waals surface area contributed by atoms with E-state index in [9.17, 15) is 13.9 Å². The largest absolute Gasteiger partial charge is 0.388 e. The maximum absolute atomic E-state index is 11.9. The van der Waals surface area contributed by atoms with Gasteiger partial charge < -0.3 is 14.4 Å². The van der Waals surface area contributed by atoms with Gasteiger partial charge in [0.25, 0.3) is 6.43 Å². The van der Waals surface area contributed by atoms with Gasteiger partial charge in [-0.05, 0) is 20.8 Å². The molecule has 0 bridgehead atoms. The maximum atomic E-state index is 11.9. The van der Waals surface area contributed by atoms with E-state index in [-0.39, 0.29) is 18.8 Å². The molecular formula is C11H19F2N3O2. The van der Waals surface area contributed by atoms with E-state index >= 15 is 0 Å². The summed E-state index contributed by atoms with van der Waals surface area (Å²) in [5, 5.41) is 17.0. The van der Waals surface area contributed by atoms with Gasteiger partial charge in [0.2, 0.25) is 0 Å². The summed E-state index contributed by atoms with van der Waals surface area (Å²) in [5.74, 6) is 1.09. The van der Waals surface area contributed by atoms with E-state index in [1.807, 2.05) is 20.8 Å². The van der Waals surface area contributed by atoms with Crippen molar-refractivity contribution in [3.05, 3.63) is 11.6 Å². The van der Waals surface area contributed by atoms with Gasteiger partial charge in [0, 0.05) is 12.0 Å². The highest BCUT2D eigenvalue weighted by atomic mass is 19.3. The van der Waals surface area contributed by atoms with Crippen molar-refractivity contribution in [1.82, 2.24) is 14.8 Å². The van der Waals surface area contributed by atoms with Crippen LogP contribution in [0, 0.1) is 0 Å². The maximum Gasteiger partial charge on any atom is 0.261 e. The molecule has 0 amide bonds. The Morgan fingerprint density at radius 1 is 1.28 bits per heavy atom. The smallest absolute Gasteiger partial charge is 0.261 e. The van der Waals surface area contributed by atoms with Gasteiger partial charge in [0.1, 0.15) is 19.0 Å². The van der Waals surface area contributed by atoms with Crippen molar-refractivity contribution in [1.29, 1.82) is 0 Å². The summed E-state index contributed by atoms with van der Waals surface area (Å²) in [6.07, 6.45) is -2.07. The van der Waals surface area contributed by atoms with Gasteiger partial charge in [0.15, 0.2) is 5.82 Å². The molecule has 7 heteroatoms. The zero-order valence-corrected chi connectivity index (χ0v) is 10.9. The summed E-state index contributed by atoms with van der Waals surface area (Å²) in [5.41, 5.74) is -0.278. The second kappa shape index (κ2) is 6.19. The molecule has 1 aromatic rings. The lowest BCUT2D eigenvalue weighted by Gasteiger charge is -2.24. The second-order valence-corrected chi connectivity index (χ2v) is 4.91. The minimum atomic E-state index is -2.46. The SMILES string of the molecule is CC(C)(C)n1c(CO)nnc1CCOCC(F)F. The number of aromatic nitrogens is 3. The first-order chi connectivity index (χ1) is 8.36. The second-order valence-electron chi connectivity index (χ2n) is 4.91. The van der Waals surface area contributed by atoms with E-state index < -0.39 is 13.0 Å². The summed E-state index contributed by atoms with van der Waals surface area (Å²) in [6.45, 7) is 5.25. The Hall–Kier alpha value is -1.08. The molecule has 1 heterocycles. The first-order valence-corrected chi connectivity index (χ1v) is 5.76. The highest BCUT2D eigenvalue weighted by Gasteiger charge is 2.22. The Bertz CT molecular complexity index is 375. The number of nitrogens with zero attached hydrogens (tertiary/aromatic N) is 3. The molecule has 0 aliphatic heterocycles. The van der Waals surface area contributed by atoms with Crippen LogP contribution in [0.4, 0.5) is 8.78 Å². The minimum Gasteiger partial charge on any atom is -0.388 e. The van der Waals surface area contributed by atoms with Crippen LogP contribution in [0.5, 0.6) is 0 Å². The van der Waals surface area contributed by atoms with Crippen molar-refractivity contribution < 1.29 is 18.6 Å². The normalized spacial score (nSPS) is 12.4. The minimum absolute atomic E-state index is 0.157. The van der Waals surface area contributed by atoms with E-state index in [1.165, 1.54) is 0 Å². The molecule has 0 saturated carbocycles. The third-order valence-corrected chi connectivity index (χ3v) is 2.32. The van der Waals surface area contributed by atoms with Crippen molar-refractivity contribution in [2.75, 3.05) is 13.2 Å². The van der Waals surface area contributed by atoms with Gasteiger partial charge in [-0.15, -0.1) is 10.2 Å². The molecule has 0 aromatic carbocycles. The predicted octanol–water partition coefficient (Wildman–Crippen LogP) is 1.35. The molecule has 1 rings (SSSR count). The highest BCUT2D eigenvalue weighted by molar-refractivity contribution is 5.00. The van der Waals surface area contributed by atoms with Gasteiger partial charge in [-0.25, -0.2) is 8.78 Å². The quantitative estimate of drug-likeness (QED) is 0.787. The third-order valence-electron chi connectivity index (χ3n) is 2.32. The monoisotopic (exact) mass is 263 g/mol. The van der Waals surface area contributed by atoms with Crippen LogP contribution in [-0.2, 0) is 23.3 Å². The molecule has 18 heavy (non-hydrogen) atoms. The molecular weight excluding hydrogens is 244 g/mol. The van der Waals surface area contributed by atoms with Crippen LogP contribution in [0.1, 0.15) is 32.4 Å². The summed E-state index contributed by atoms with van der Waals surface area (Å²) < 4.78 is 30.4. The Kier molecular flexibility index (Phi) is 5.15. The zero-order valence-electron chi connectivity index (χ0n) is 10.9. The third kappa shape index (κ3) is 3.99. The van der Waals surface area contributed by atoms with E-state index in [0.29, 0.717) is 18.1 Å². The fourth-order valence-corrected chi connectivity index (χ4v) is 1.73. The lowest BCUT2D eigenvalue weighted by molar-refractivity contribution is 0.0179. The molecule has 0 aliphatic carbocycles. The Labute approximate surface area is 105 Å².